The Morgan fingerprint density at radius 2 is 1.50 bits per heavy atom. The zero-order valence-electron chi connectivity index (χ0n) is 69.5. The second-order valence-corrected chi connectivity index (χ2v) is 34.1. The third kappa shape index (κ3) is 20.8. The first-order valence-electron chi connectivity index (χ1n) is 40.1. The first-order valence-corrected chi connectivity index (χ1v) is 40.9. The molecule has 4 aromatic rings. The standard InChI is InChI=1S/C88H110N10O19S/c1-48(2)72(94-66(101)23-16-15-17-40-97-67(102)34-35-68(97)103)63(100)44-57(22-19-39-90-85(89)111)84(110)91-58-30-26-56(27-31-58)47-114-86(112)92-59-28-24-55(25-29-59)46-98(12,13)61-36-41-96(42-37-61)60-32-33-62-65(45-60)118-79-73(93-62)69-70-76(105)52(6)78-71(69)81(108)88(11,117-78)115-43-38-64(113-14)51(5)82(116-54(8)99)87(9,10)80(107)53(7)75(104)49(3)20-18-21-50(4)83(109)95-74(79)77(70)106/h18,20-21,24-35,38,43,45,48-49,51,53,57,61,64,72,75,80,82,104,107H,15-17,19,22-23,36-37,39-42,44,46-47H2,1-14H3,(H7-,89,90,91,92,93,94,95,101,105,106,108,109,110,111,112)/p+1/b20-18+,43-38+,50-21-/t49-,51+,53+,57+,64-,72-,75-,80+,82+,88-/m0/s1. The number of allylic oxidation sites excluding steroid dienone is 2. The number of nitrogens with two attached hydrogens (primary N) is 1. The van der Waals surface area contributed by atoms with Crippen LogP contribution in [0.3, 0.4) is 0 Å². The molecule has 5 aliphatic heterocycles. The number of aliphatic hydroxyl groups excluding tert-OH is 2. The van der Waals surface area contributed by atoms with E-state index >= 15 is 9.59 Å². The lowest BCUT2D eigenvalue weighted by Gasteiger charge is -2.45. The Bertz CT molecular complexity index is 4930. The van der Waals surface area contributed by atoms with Crippen molar-refractivity contribution >= 4 is 114 Å². The number of benzene rings is 5. The molecule has 0 saturated carbocycles. The number of hydrogen-bond acceptors (Lipinski definition) is 22. The van der Waals surface area contributed by atoms with Crippen LogP contribution in [0, 0.1) is 41.9 Å². The number of carbonyl (C=O) groups excluding carboxylic acids is 10. The summed E-state index contributed by atoms with van der Waals surface area (Å²) in [5.74, 6) is -9.51. The van der Waals surface area contributed by atoms with Gasteiger partial charge in [0.25, 0.3) is 23.5 Å². The van der Waals surface area contributed by atoms with Gasteiger partial charge in [0.05, 0.1) is 82.5 Å². The Morgan fingerprint density at radius 3 is 2.14 bits per heavy atom. The largest absolute Gasteiger partial charge is 0.507 e. The molecule has 0 spiro atoms. The van der Waals surface area contributed by atoms with Gasteiger partial charge in [-0.2, -0.15) is 0 Å². The number of esters is 1. The highest BCUT2D eigenvalue weighted by molar-refractivity contribution is 7.22. The number of Topliss-reactive ketones (excluding diaryl/α,β-unsaturated/α-hetero) is 2. The first-order chi connectivity index (χ1) is 55.8. The molecule has 118 heavy (non-hydrogen) atoms. The lowest BCUT2D eigenvalue weighted by molar-refractivity contribution is -0.928. The van der Waals surface area contributed by atoms with Crippen LogP contribution in [-0.2, 0) is 65.7 Å². The number of aromatic hydroxyl groups is 1. The molecule has 8 amide bonds. The normalized spacial score (nSPS) is 22.8. The molecule has 4 bridgehead atoms. The van der Waals surface area contributed by atoms with Gasteiger partial charge in [0, 0.05) is 153 Å². The molecule has 1 fully saturated rings. The Balaban J connectivity index is 0.779. The summed E-state index contributed by atoms with van der Waals surface area (Å²) in [6.45, 7) is 20.5. The van der Waals surface area contributed by atoms with Crippen molar-refractivity contribution in [2.45, 2.75) is 189 Å². The first kappa shape index (κ1) is 89.4. The number of imide groups is 1. The molecule has 4 aromatic carbocycles. The summed E-state index contributed by atoms with van der Waals surface area (Å²) in [5.41, 5.74) is 7.51. The number of carbonyl (C=O) groups is 10. The second-order valence-electron chi connectivity index (χ2n) is 33.1. The molecule has 10 rings (SSSR count). The minimum absolute atomic E-state index is 0.00522. The van der Waals surface area contributed by atoms with Gasteiger partial charge >= 0.3 is 23.9 Å². The Morgan fingerprint density at radius 1 is 0.839 bits per heavy atom. The number of nitrogens with one attached hydrogen (secondary N) is 5. The number of phenolic OH excluding ortho intramolecular Hbond substituents is 1. The SMILES string of the molecule is CO[C@H]1/C=C/O[C@@]2(C)Oc3c(C)c(O)c4c(=O)c(c5sc6cc(N7CCC([N+](C)(C)Cc8ccc(NC(=O)OCc9ccc(NC(=O)[C@H](CCCNC(N)=O)CC(=O)[C@@H](NC(=O)CCCCCN%10C(=O)C=CC%10=O)C(C)C)cc9)cc8)CC7)ccc6nc-5c4c3C2=O)NC(=O)/C(C)=C\C=C\[C@H](C)[C@H](O)[C@@H](C)[C@@H](O)C(C)(C)[C@H](OC(C)=O)[C@@H]1C. The molecule has 30 heteroatoms. The van der Waals surface area contributed by atoms with Crippen molar-refractivity contribution in [1.29, 1.82) is 0 Å². The number of aromatic nitrogens is 1. The smallest absolute Gasteiger partial charge is 0.411 e. The van der Waals surface area contributed by atoms with Gasteiger partial charge < -0.3 is 75.4 Å². The van der Waals surface area contributed by atoms with E-state index in [9.17, 15) is 58.5 Å². The quantitative estimate of drug-likeness (QED) is 0.00608. The van der Waals surface area contributed by atoms with Crippen LogP contribution in [0.5, 0.6) is 11.5 Å². The van der Waals surface area contributed by atoms with Crippen LogP contribution < -0.4 is 47.4 Å². The maximum Gasteiger partial charge on any atom is 0.411 e. The number of primary amides is 1. The third-order valence-corrected chi connectivity index (χ3v) is 24.4. The van der Waals surface area contributed by atoms with E-state index in [0.29, 0.717) is 77.0 Å². The van der Waals surface area contributed by atoms with Crippen molar-refractivity contribution in [2.75, 3.05) is 68.2 Å². The molecular formula is C88H111N10O19S+. The van der Waals surface area contributed by atoms with Gasteiger partial charge in [0.1, 0.15) is 36.4 Å². The molecule has 5 heterocycles. The number of anilines is 4. The van der Waals surface area contributed by atoms with Gasteiger partial charge in [-0.3, -0.25) is 53.4 Å². The number of fused-ring (bicyclic) bond motifs is 2. The van der Waals surface area contributed by atoms with Crippen LogP contribution >= 0.6 is 11.3 Å². The summed E-state index contributed by atoms with van der Waals surface area (Å²) in [7, 11) is 5.85. The molecule has 0 aromatic heterocycles. The molecule has 6 aliphatic rings. The number of methoxy groups -OCH3 is 1. The van der Waals surface area contributed by atoms with Crippen molar-refractivity contribution in [3.05, 3.63) is 147 Å². The fourth-order valence-electron chi connectivity index (χ4n) is 16.2. The predicted octanol–water partition coefficient (Wildman–Crippen LogP) is 11.4. The minimum atomic E-state index is -2.07. The fourth-order valence-corrected chi connectivity index (χ4v) is 17.3. The third-order valence-electron chi connectivity index (χ3n) is 23.2. The van der Waals surface area contributed by atoms with Crippen LogP contribution in [0.25, 0.3) is 31.6 Å². The number of unbranched alkanes of at least 4 members (excludes halogenated alkanes) is 2. The van der Waals surface area contributed by atoms with E-state index in [2.05, 4.69) is 45.6 Å². The monoisotopic (exact) mass is 1640 g/mol. The highest BCUT2D eigenvalue weighted by Crippen LogP contribution is 2.52. The van der Waals surface area contributed by atoms with Crippen molar-refractivity contribution in [3.63, 3.8) is 0 Å². The summed E-state index contributed by atoms with van der Waals surface area (Å²) in [5, 5.41) is 49.5. The molecule has 0 radical (unpaired) electrons. The molecule has 632 valence electrons. The molecule has 29 nitrogen and oxygen atoms in total. The number of ether oxygens (including phenoxy) is 5. The number of phenols is 1. The molecule has 10 N–H and O–H groups in total. The molecule has 10 atom stereocenters. The summed E-state index contributed by atoms with van der Waals surface area (Å²) >= 11 is 1.20. The Kier molecular flexibility index (Phi) is 29.0. The molecule has 1 saturated heterocycles. The molecular weight excluding hydrogens is 1530 g/mol. The Hall–Kier alpha value is -10.9. The fraction of sp³-hybridized carbons (Fsp3) is 0.477. The number of amides is 8. The number of ketones is 2. The maximum absolute atomic E-state index is 15.3. The topological polar surface area (TPSA) is 400 Å². The zero-order valence-corrected chi connectivity index (χ0v) is 70.3. The maximum atomic E-state index is 15.3. The van der Waals surface area contributed by atoms with Crippen molar-refractivity contribution in [1.82, 2.24) is 20.5 Å². The van der Waals surface area contributed by atoms with Gasteiger partial charge in [-0.25, -0.2) is 14.6 Å². The van der Waals surface area contributed by atoms with E-state index in [-0.39, 0.29) is 124 Å². The summed E-state index contributed by atoms with van der Waals surface area (Å²) in [4.78, 5) is 156. The van der Waals surface area contributed by atoms with Crippen LogP contribution in [0.1, 0.15) is 154 Å². The Labute approximate surface area is 690 Å². The minimum Gasteiger partial charge on any atom is -0.507 e. The number of aliphatic hydroxyl groups is 2. The number of rotatable bonds is 26. The van der Waals surface area contributed by atoms with Crippen LogP contribution in [0.2, 0.25) is 0 Å². The van der Waals surface area contributed by atoms with E-state index in [1.165, 1.54) is 69.8 Å². The number of nitrogens with zero attached hydrogens (tertiary/aromatic N) is 4. The number of piperidine rings is 1. The van der Waals surface area contributed by atoms with Crippen molar-refractivity contribution in [2.24, 2.45) is 40.7 Å². The molecule has 0 unspecified atom stereocenters. The van der Waals surface area contributed by atoms with Crippen LogP contribution in [-0.4, -0.2) is 179 Å². The number of hydrogen-bond donors (Lipinski definition) is 9. The average molecular weight is 1640 g/mol. The second kappa shape index (κ2) is 38.2. The van der Waals surface area contributed by atoms with Crippen molar-refractivity contribution < 1.29 is 91.4 Å². The van der Waals surface area contributed by atoms with Gasteiger partial charge in [0.2, 0.25) is 17.2 Å². The van der Waals surface area contributed by atoms with Gasteiger partial charge in [-0.1, -0.05) is 97.4 Å². The lowest BCUT2D eigenvalue weighted by Crippen LogP contribution is -2.53. The van der Waals surface area contributed by atoms with Crippen LogP contribution in [0.4, 0.5) is 32.3 Å². The summed E-state index contributed by atoms with van der Waals surface area (Å²) in [6.07, 6.45) is 8.94. The average Bonchev–Trinajstić information content (AvgIpc) is 1.44. The summed E-state index contributed by atoms with van der Waals surface area (Å²) in [6, 6.07) is 18.8. The van der Waals surface area contributed by atoms with Gasteiger partial charge in [0.15, 0.2) is 5.78 Å². The lowest BCUT2D eigenvalue weighted by atomic mass is 9.69. The zero-order chi connectivity index (χ0) is 86.0. The molecule has 1 aliphatic carbocycles. The highest BCUT2D eigenvalue weighted by Gasteiger charge is 2.51. The van der Waals surface area contributed by atoms with E-state index in [4.69, 9.17) is 34.4 Å². The number of urea groups is 1. The predicted molar refractivity (Wildman–Crippen MR) is 449 cm³/mol. The van der Waals surface area contributed by atoms with Gasteiger partial charge in [-0.15, -0.1) is 11.3 Å². The summed E-state index contributed by atoms with van der Waals surface area (Å²) < 4.78 is 31.4. The number of quaternary nitrogens is 1. The van der Waals surface area contributed by atoms with E-state index in [1.807, 2.05) is 42.5 Å². The van der Waals surface area contributed by atoms with Crippen LogP contribution in [0.15, 0.2) is 120 Å². The van der Waals surface area contributed by atoms with E-state index in [0.717, 1.165) is 29.0 Å². The van der Waals surface area contributed by atoms with Gasteiger partial charge in [-0.05, 0) is 99.6 Å². The van der Waals surface area contributed by atoms with Crippen molar-refractivity contribution in [3.8, 4) is 22.1 Å². The van der Waals surface area contributed by atoms with E-state index < -0.39 is 112 Å². The highest BCUT2D eigenvalue weighted by atomic mass is 32.1. The van der Waals surface area contributed by atoms with E-state index in [1.54, 1.807) is 91.8 Å².